The highest BCUT2D eigenvalue weighted by Gasteiger charge is 2.23. The summed E-state index contributed by atoms with van der Waals surface area (Å²) in [5.74, 6) is 2.86. The molecule has 2 unspecified atom stereocenters. The first kappa shape index (κ1) is 11.4. The average Bonchev–Trinajstić information content (AvgIpc) is 2.66. The molecular formula is C13H26N2. The predicted octanol–water partition coefficient (Wildman–Crippen LogP) is 2.01. The summed E-state index contributed by atoms with van der Waals surface area (Å²) < 4.78 is 0. The van der Waals surface area contributed by atoms with Crippen LogP contribution in [-0.4, -0.2) is 26.2 Å². The zero-order valence-electron chi connectivity index (χ0n) is 10.1. The maximum Gasteiger partial charge on any atom is -0.00179 e. The highest BCUT2D eigenvalue weighted by Crippen LogP contribution is 2.30. The Labute approximate surface area is 94.2 Å². The van der Waals surface area contributed by atoms with Gasteiger partial charge in [-0.3, -0.25) is 0 Å². The van der Waals surface area contributed by atoms with Gasteiger partial charge < -0.3 is 10.6 Å². The van der Waals surface area contributed by atoms with E-state index in [2.05, 4.69) is 17.6 Å². The fourth-order valence-corrected chi connectivity index (χ4v) is 3.08. The summed E-state index contributed by atoms with van der Waals surface area (Å²) in [6, 6.07) is 0. The fourth-order valence-electron chi connectivity index (χ4n) is 3.08. The third kappa shape index (κ3) is 3.46. The molecule has 15 heavy (non-hydrogen) atoms. The predicted molar refractivity (Wildman–Crippen MR) is 65.0 cm³/mol. The Bertz CT molecular complexity index is 175. The second kappa shape index (κ2) is 5.86. The summed E-state index contributed by atoms with van der Waals surface area (Å²) in [5.41, 5.74) is 0. The fraction of sp³-hybridized carbons (Fsp3) is 1.00. The highest BCUT2D eigenvalue weighted by atomic mass is 14.9. The van der Waals surface area contributed by atoms with Crippen molar-refractivity contribution in [3.05, 3.63) is 0 Å². The van der Waals surface area contributed by atoms with E-state index in [1.54, 1.807) is 0 Å². The molecule has 1 saturated heterocycles. The smallest absolute Gasteiger partial charge is 0.00179 e. The molecule has 0 spiro atoms. The van der Waals surface area contributed by atoms with E-state index < -0.39 is 0 Å². The Balaban J connectivity index is 1.57. The summed E-state index contributed by atoms with van der Waals surface area (Å²) in [5, 5.41) is 7.13. The van der Waals surface area contributed by atoms with Crippen LogP contribution in [0, 0.1) is 17.8 Å². The molecule has 0 aromatic carbocycles. The second-order valence-electron chi connectivity index (χ2n) is 5.52. The molecule has 2 aliphatic rings. The average molecular weight is 210 g/mol. The second-order valence-corrected chi connectivity index (χ2v) is 5.52. The van der Waals surface area contributed by atoms with E-state index in [1.165, 1.54) is 58.3 Å². The van der Waals surface area contributed by atoms with Gasteiger partial charge in [-0.05, 0) is 63.2 Å². The van der Waals surface area contributed by atoms with Gasteiger partial charge in [0.1, 0.15) is 0 Å². The maximum absolute atomic E-state index is 3.70. The van der Waals surface area contributed by atoms with Crippen LogP contribution >= 0.6 is 0 Å². The molecule has 88 valence electrons. The van der Waals surface area contributed by atoms with Crippen molar-refractivity contribution in [2.24, 2.45) is 17.8 Å². The number of rotatable bonds is 4. The van der Waals surface area contributed by atoms with Crippen LogP contribution in [0.2, 0.25) is 0 Å². The maximum atomic E-state index is 3.70. The molecular weight excluding hydrogens is 184 g/mol. The molecule has 0 aromatic rings. The summed E-state index contributed by atoms with van der Waals surface area (Å²) in [6.45, 7) is 7.40. The minimum Gasteiger partial charge on any atom is -0.317 e. The van der Waals surface area contributed by atoms with Gasteiger partial charge in [-0.2, -0.15) is 0 Å². The molecule has 1 saturated carbocycles. The molecule has 2 nitrogen and oxygen atoms in total. The Morgan fingerprint density at radius 3 is 2.53 bits per heavy atom. The van der Waals surface area contributed by atoms with Crippen molar-refractivity contribution in [2.45, 2.75) is 39.0 Å². The molecule has 0 bridgehead atoms. The topological polar surface area (TPSA) is 24.1 Å². The van der Waals surface area contributed by atoms with Crippen molar-refractivity contribution in [1.82, 2.24) is 10.6 Å². The molecule has 1 aliphatic carbocycles. The van der Waals surface area contributed by atoms with Gasteiger partial charge in [-0.15, -0.1) is 0 Å². The zero-order chi connectivity index (χ0) is 10.5. The van der Waals surface area contributed by atoms with E-state index >= 15 is 0 Å². The lowest BCUT2D eigenvalue weighted by Gasteiger charge is -2.24. The third-order valence-electron chi connectivity index (χ3n) is 4.34. The first-order valence-electron chi connectivity index (χ1n) is 6.77. The Hall–Kier alpha value is -0.0800. The molecule has 2 atom stereocenters. The third-order valence-corrected chi connectivity index (χ3v) is 4.34. The number of hydrogen-bond acceptors (Lipinski definition) is 2. The van der Waals surface area contributed by atoms with Crippen LogP contribution in [0.3, 0.4) is 0 Å². The lowest BCUT2D eigenvalue weighted by Crippen LogP contribution is -2.35. The van der Waals surface area contributed by atoms with Crippen LogP contribution in [0.15, 0.2) is 0 Å². The molecule has 2 N–H and O–H groups in total. The molecule has 1 aliphatic heterocycles. The van der Waals surface area contributed by atoms with Crippen molar-refractivity contribution in [2.75, 3.05) is 26.2 Å². The Morgan fingerprint density at radius 2 is 1.87 bits per heavy atom. The van der Waals surface area contributed by atoms with Gasteiger partial charge in [0.05, 0.1) is 0 Å². The van der Waals surface area contributed by atoms with Crippen LogP contribution in [0.5, 0.6) is 0 Å². The largest absolute Gasteiger partial charge is 0.317 e. The van der Waals surface area contributed by atoms with Gasteiger partial charge >= 0.3 is 0 Å². The monoisotopic (exact) mass is 210 g/mol. The molecule has 2 rings (SSSR count). The van der Waals surface area contributed by atoms with Crippen LogP contribution in [0.25, 0.3) is 0 Å². The van der Waals surface area contributed by atoms with Crippen LogP contribution < -0.4 is 10.6 Å². The van der Waals surface area contributed by atoms with Gasteiger partial charge in [0, 0.05) is 0 Å². The molecule has 0 aromatic heterocycles. The molecule has 2 fully saturated rings. The quantitative estimate of drug-likeness (QED) is 0.742. The van der Waals surface area contributed by atoms with Gasteiger partial charge in [0.25, 0.3) is 0 Å². The summed E-state index contributed by atoms with van der Waals surface area (Å²) in [6.07, 6.45) is 7.11. The van der Waals surface area contributed by atoms with E-state index in [0.29, 0.717) is 0 Å². The van der Waals surface area contributed by atoms with Gasteiger partial charge in [-0.1, -0.05) is 19.8 Å². The molecule has 1 heterocycles. The van der Waals surface area contributed by atoms with Crippen molar-refractivity contribution in [3.63, 3.8) is 0 Å². The molecule has 0 radical (unpaired) electrons. The Morgan fingerprint density at radius 1 is 1.07 bits per heavy atom. The first-order valence-corrected chi connectivity index (χ1v) is 6.77. The van der Waals surface area contributed by atoms with Crippen molar-refractivity contribution in [1.29, 1.82) is 0 Å². The van der Waals surface area contributed by atoms with E-state index in [0.717, 1.165) is 17.8 Å². The van der Waals surface area contributed by atoms with E-state index in [1.807, 2.05) is 0 Å². The summed E-state index contributed by atoms with van der Waals surface area (Å²) >= 11 is 0. The van der Waals surface area contributed by atoms with Gasteiger partial charge in [0.2, 0.25) is 0 Å². The zero-order valence-corrected chi connectivity index (χ0v) is 10.1. The lowest BCUT2D eigenvalue weighted by atomic mass is 9.96. The molecule has 2 heteroatoms. The van der Waals surface area contributed by atoms with E-state index in [4.69, 9.17) is 0 Å². The van der Waals surface area contributed by atoms with Crippen LogP contribution in [0.4, 0.5) is 0 Å². The van der Waals surface area contributed by atoms with Crippen LogP contribution in [-0.2, 0) is 0 Å². The first-order chi connectivity index (χ1) is 7.36. The van der Waals surface area contributed by atoms with Gasteiger partial charge in [0.15, 0.2) is 0 Å². The SMILES string of the molecule is CC1CCCC1CNCC1CCNCC1. The number of nitrogens with one attached hydrogen (secondary N) is 2. The summed E-state index contributed by atoms with van der Waals surface area (Å²) in [4.78, 5) is 0. The highest BCUT2D eigenvalue weighted by molar-refractivity contribution is 4.77. The van der Waals surface area contributed by atoms with E-state index in [-0.39, 0.29) is 0 Å². The minimum atomic E-state index is 0.933. The van der Waals surface area contributed by atoms with Crippen molar-refractivity contribution >= 4 is 0 Å². The standard InChI is InChI=1S/C13H26N2/c1-11-3-2-4-13(11)10-15-9-12-5-7-14-8-6-12/h11-15H,2-10H2,1H3. The number of piperidine rings is 1. The number of hydrogen-bond donors (Lipinski definition) is 2. The van der Waals surface area contributed by atoms with Crippen molar-refractivity contribution in [3.8, 4) is 0 Å². The van der Waals surface area contributed by atoms with Crippen molar-refractivity contribution < 1.29 is 0 Å². The molecule has 0 amide bonds. The minimum absolute atomic E-state index is 0.933. The van der Waals surface area contributed by atoms with Crippen LogP contribution in [0.1, 0.15) is 39.0 Å². The Kier molecular flexibility index (Phi) is 4.45. The lowest BCUT2D eigenvalue weighted by molar-refractivity contribution is 0.329. The summed E-state index contributed by atoms with van der Waals surface area (Å²) in [7, 11) is 0. The van der Waals surface area contributed by atoms with Gasteiger partial charge in [-0.25, -0.2) is 0 Å². The normalized spacial score (nSPS) is 33.4. The van der Waals surface area contributed by atoms with E-state index in [9.17, 15) is 0 Å².